The molecule has 1 amide bonds. The summed E-state index contributed by atoms with van der Waals surface area (Å²) in [4.78, 5) is 20.4. The minimum absolute atomic E-state index is 0.0576. The molecular formula is C21H19ClFN5O3. The third-order valence-electron chi connectivity index (χ3n) is 4.59. The zero-order valence-corrected chi connectivity index (χ0v) is 17.1. The molecule has 0 aliphatic carbocycles. The summed E-state index contributed by atoms with van der Waals surface area (Å²) < 4.78 is 24.8. The summed E-state index contributed by atoms with van der Waals surface area (Å²) in [6, 6.07) is 12.0. The number of anilines is 1. The first kappa shape index (κ1) is 21.0. The number of primary amides is 1. The summed E-state index contributed by atoms with van der Waals surface area (Å²) in [5.41, 5.74) is 12.4. The lowest BCUT2D eigenvalue weighted by atomic mass is 10.2. The molecule has 160 valence electrons. The highest BCUT2D eigenvalue weighted by Crippen LogP contribution is 2.36. The van der Waals surface area contributed by atoms with Crippen LogP contribution in [0, 0.1) is 5.82 Å². The molecule has 3 atom stereocenters. The molecule has 2 aromatic carbocycles. The molecule has 0 radical (unpaired) electrons. The Morgan fingerprint density at radius 1 is 1.23 bits per heavy atom. The number of hydrogen-bond donors (Lipinski definition) is 3. The van der Waals surface area contributed by atoms with Gasteiger partial charge in [0, 0.05) is 16.7 Å². The van der Waals surface area contributed by atoms with Gasteiger partial charge in [-0.15, -0.1) is 0 Å². The second kappa shape index (κ2) is 8.46. The van der Waals surface area contributed by atoms with Gasteiger partial charge in [0.1, 0.15) is 29.9 Å². The van der Waals surface area contributed by atoms with Crippen LogP contribution in [-0.4, -0.2) is 28.1 Å². The van der Waals surface area contributed by atoms with E-state index >= 15 is 0 Å². The number of ether oxygens (including phenoxy) is 2. The number of rotatable bonds is 7. The van der Waals surface area contributed by atoms with E-state index in [1.165, 1.54) is 12.1 Å². The highest BCUT2D eigenvalue weighted by molar-refractivity contribution is 6.30. The Balaban J connectivity index is 1.59. The predicted octanol–water partition coefficient (Wildman–Crippen LogP) is 3.37. The summed E-state index contributed by atoms with van der Waals surface area (Å²) in [5, 5.41) is 3.23. The Bertz CT molecular complexity index is 1130. The molecule has 2 heterocycles. The first-order valence-electron chi connectivity index (χ1n) is 9.39. The highest BCUT2D eigenvalue weighted by Gasteiger charge is 2.38. The molecular weight excluding hydrogens is 425 g/mol. The second-order valence-electron chi connectivity index (χ2n) is 6.99. The first-order chi connectivity index (χ1) is 14.8. The molecule has 0 bridgehead atoms. The van der Waals surface area contributed by atoms with Gasteiger partial charge in [-0.1, -0.05) is 11.6 Å². The van der Waals surface area contributed by atoms with E-state index in [0.29, 0.717) is 28.6 Å². The average Bonchev–Trinajstić information content (AvgIpc) is 3.47. The smallest absolute Gasteiger partial charge is 0.239 e. The quantitative estimate of drug-likeness (QED) is 0.477. The maximum absolute atomic E-state index is 14.0. The van der Waals surface area contributed by atoms with E-state index in [-0.39, 0.29) is 16.9 Å². The van der Waals surface area contributed by atoms with Gasteiger partial charge in [0.2, 0.25) is 5.91 Å². The molecule has 1 aromatic heterocycles. The van der Waals surface area contributed by atoms with Gasteiger partial charge in [0.25, 0.3) is 0 Å². The third-order valence-corrected chi connectivity index (χ3v) is 4.82. The number of epoxide rings is 1. The number of hydrogen-bond acceptors (Lipinski definition) is 7. The molecule has 1 aliphatic heterocycles. The predicted molar refractivity (Wildman–Crippen MR) is 113 cm³/mol. The number of nitrogens with two attached hydrogens (primary N) is 2. The largest absolute Gasteiger partial charge is 0.454 e. The number of nitrogens with zero attached hydrogens (tertiary/aromatic N) is 2. The van der Waals surface area contributed by atoms with Crippen LogP contribution >= 0.6 is 11.6 Å². The van der Waals surface area contributed by atoms with Gasteiger partial charge in [-0.05, 0) is 49.4 Å². The van der Waals surface area contributed by atoms with Crippen molar-refractivity contribution in [3.63, 3.8) is 0 Å². The Morgan fingerprint density at radius 2 is 1.94 bits per heavy atom. The lowest BCUT2D eigenvalue weighted by Gasteiger charge is -2.13. The Kier molecular flexibility index (Phi) is 5.73. The third kappa shape index (κ3) is 4.91. The van der Waals surface area contributed by atoms with Gasteiger partial charge in [0.05, 0.1) is 5.69 Å². The van der Waals surface area contributed by atoms with E-state index in [2.05, 4.69) is 15.3 Å². The van der Waals surface area contributed by atoms with E-state index < -0.39 is 24.0 Å². The molecule has 8 nitrogen and oxygen atoms in total. The minimum Gasteiger partial charge on any atom is -0.454 e. The fourth-order valence-corrected chi connectivity index (χ4v) is 2.99. The van der Waals surface area contributed by atoms with Gasteiger partial charge in [-0.3, -0.25) is 4.79 Å². The number of benzene rings is 2. The van der Waals surface area contributed by atoms with Crippen molar-refractivity contribution in [2.45, 2.75) is 25.3 Å². The molecule has 1 saturated heterocycles. The highest BCUT2D eigenvalue weighted by atomic mass is 35.5. The number of carbonyl (C=O) groups excluding carboxylic acids is 1. The van der Waals surface area contributed by atoms with Gasteiger partial charge in [-0.2, -0.15) is 0 Å². The van der Waals surface area contributed by atoms with Crippen LogP contribution < -0.4 is 21.5 Å². The van der Waals surface area contributed by atoms with Gasteiger partial charge >= 0.3 is 0 Å². The number of aromatic nitrogens is 2. The zero-order chi connectivity index (χ0) is 22.1. The standard InChI is InChI=1S/C21H19ClFN5O3/c1-10(19(24)29)26-17-9-15(18-20(25)31-18)27-21(28-17)11-2-5-13(6-3-11)30-16-7-4-12(22)8-14(16)23/h2-10,18,20H,25H2,1H3,(H2,24,29)(H,26,27,28)/t10-,18?,20?/m0/s1. The van der Waals surface area contributed by atoms with Crippen LogP contribution in [0.4, 0.5) is 10.2 Å². The van der Waals surface area contributed by atoms with Crippen LogP contribution in [-0.2, 0) is 9.53 Å². The van der Waals surface area contributed by atoms with Crippen molar-refractivity contribution in [3.8, 4) is 22.9 Å². The van der Waals surface area contributed by atoms with Crippen molar-refractivity contribution in [1.82, 2.24) is 9.97 Å². The molecule has 5 N–H and O–H groups in total. The van der Waals surface area contributed by atoms with Crippen LogP contribution in [0.15, 0.2) is 48.5 Å². The van der Waals surface area contributed by atoms with E-state index in [0.717, 1.165) is 0 Å². The number of carbonyl (C=O) groups is 1. The monoisotopic (exact) mass is 443 g/mol. The number of nitrogens with one attached hydrogen (secondary N) is 1. The molecule has 1 aliphatic rings. The summed E-state index contributed by atoms with van der Waals surface area (Å²) >= 11 is 5.76. The van der Waals surface area contributed by atoms with Gasteiger partial charge in [0.15, 0.2) is 17.4 Å². The molecule has 1 fully saturated rings. The second-order valence-corrected chi connectivity index (χ2v) is 7.43. The van der Waals surface area contributed by atoms with E-state index in [1.807, 2.05) is 0 Å². The van der Waals surface area contributed by atoms with Crippen molar-refractivity contribution in [1.29, 1.82) is 0 Å². The van der Waals surface area contributed by atoms with Gasteiger partial charge in [-0.25, -0.2) is 14.4 Å². The first-order valence-corrected chi connectivity index (χ1v) is 9.77. The molecule has 4 rings (SSSR count). The fourth-order valence-electron chi connectivity index (χ4n) is 2.83. The lowest BCUT2D eigenvalue weighted by Crippen LogP contribution is -2.32. The van der Waals surface area contributed by atoms with Crippen LogP contribution in [0.1, 0.15) is 18.7 Å². The maximum atomic E-state index is 14.0. The normalized spacial score (nSPS) is 18.3. The summed E-state index contributed by atoms with van der Waals surface area (Å²) in [7, 11) is 0. The van der Waals surface area contributed by atoms with Crippen molar-refractivity contribution in [2.24, 2.45) is 11.5 Å². The van der Waals surface area contributed by atoms with E-state index in [9.17, 15) is 9.18 Å². The summed E-state index contributed by atoms with van der Waals surface area (Å²) in [6.45, 7) is 1.63. The minimum atomic E-state index is -0.630. The van der Waals surface area contributed by atoms with Gasteiger partial charge < -0.3 is 26.3 Å². The molecule has 0 spiro atoms. The Morgan fingerprint density at radius 3 is 2.55 bits per heavy atom. The molecule has 3 aromatic rings. The van der Waals surface area contributed by atoms with Crippen molar-refractivity contribution < 1.29 is 18.7 Å². The summed E-state index contributed by atoms with van der Waals surface area (Å²) in [5.74, 6) is 0.211. The van der Waals surface area contributed by atoms with Crippen LogP contribution in [0.5, 0.6) is 11.5 Å². The number of amides is 1. The van der Waals surface area contributed by atoms with Crippen LogP contribution in [0.2, 0.25) is 5.02 Å². The average molecular weight is 444 g/mol. The summed E-state index contributed by atoms with van der Waals surface area (Å²) in [6.07, 6.45) is -0.782. The van der Waals surface area contributed by atoms with E-state index in [1.54, 1.807) is 43.3 Å². The zero-order valence-electron chi connectivity index (χ0n) is 16.4. The number of halogens is 2. The molecule has 31 heavy (non-hydrogen) atoms. The van der Waals surface area contributed by atoms with Crippen LogP contribution in [0.3, 0.4) is 0 Å². The van der Waals surface area contributed by atoms with E-state index in [4.69, 9.17) is 32.5 Å². The molecule has 2 unspecified atom stereocenters. The fraction of sp³-hybridized carbons (Fsp3) is 0.190. The van der Waals surface area contributed by atoms with Crippen molar-refractivity contribution in [2.75, 3.05) is 5.32 Å². The lowest BCUT2D eigenvalue weighted by molar-refractivity contribution is -0.118. The Labute approximate surface area is 182 Å². The topological polar surface area (TPSA) is 129 Å². The Hall–Kier alpha value is -3.27. The van der Waals surface area contributed by atoms with Crippen molar-refractivity contribution in [3.05, 3.63) is 65.1 Å². The SMILES string of the molecule is C[C@H](Nc1cc(C2OC2N)nc(-c2ccc(Oc3ccc(Cl)cc3F)cc2)n1)C(N)=O. The molecule has 0 saturated carbocycles. The molecule has 10 heteroatoms. The maximum Gasteiger partial charge on any atom is 0.239 e. The van der Waals surface area contributed by atoms with Crippen molar-refractivity contribution >= 4 is 23.3 Å². The van der Waals surface area contributed by atoms with Crippen LogP contribution in [0.25, 0.3) is 11.4 Å².